The molecule has 2 nitrogen and oxygen atoms in total. The van der Waals surface area contributed by atoms with Gasteiger partial charge in [-0.1, -0.05) is 18.7 Å². The number of allylic oxidation sites excluding steroid dienone is 4. The highest BCUT2D eigenvalue weighted by atomic mass is 16.5. The topological polar surface area (TPSA) is 26.3 Å². The normalized spacial score (nSPS) is 11.6. The first-order valence-electron chi connectivity index (χ1n) is 3.29. The molecule has 0 N–H and O–H groups in total. The summed E-state index contributed by atoms with van der Waals surface area (Å²) >= 11 is 0. The van der Waals surface area contributed by atoms with E-state index in [2.05, 4.69) is 11.3 Å². The van der Waals surface area contributed by atoms with Crippen molar-refractivity contribution >= 4 is 5.97 Å². The second-order valence-electron chi connectivity index (χ2n) is 1.85. The number of methoxy groups -OCH3 is 1. The third kappa shape index (κ3) is 4.14. The minimum absolute atomic E-state index is 0.355. The fourth-order valence-corrected chi connectivity index (χ4v) is 0.514. The van der Waals surface area contributed by atoms with E-state index in [0.717, 1.165) is 5.57 Å². The first kappa shape index (κ1) is 9.69. The maximum absolute atomic E-state index is 10.6. The lowest BCUT2D eigenvalue weighted by molar-refractivity contribution is -0.134. The molecule has 11 heavy (non-hydrogen) atoms. The average Bonchev–Trinajstić information content (AvgIpc) is 2.06. The van der Waals surface area contributed by atoms with Crippen molar-refractivity contribution in [3.05, 3.63) is 36.5 Å². The minimum Gasteiger partial charge on any atom is -0.466 e. The van der Waals surface area contributed by atoms with E-state index in [1.54, 1.807) is 12.2 Å². The maximum Gasteiger partial charge on any atom is 0.330 e. The van der Waals surface area contributed by atoms with E-state index in [1.165, 1.54) is 13.2 Å². The summed E-state index contributed by atoms with van der Waals surface area (Å²) in [5, 5.41) is 0. The summed E-state index contributed by atoms with van der Waals surface area (Å²) in [5.41, 5.74) is 0.899. The Labute approximate surface area is 66.9 Å². The molecule has 0 aliphatic heterocycles. The van der Waals surface area contributed by atoms with E-state index < -0.39 is 0 Å². The summed E-state index contributed by atoms with van der Waals surface area (Å²) < 4.78 is 4.40. The molecule has 0 spiro atoms. The van der Waals surface area contributed by atoms with Gasteiger partial charge in [0.05, 0.1) is 7.11 Å². The molecule has 0 aromatic rings. The van der Waals surface area contributed by atoms with Crippen LogP contribution in [0.5, 0.6) is 0 Å². The molecule has 0 atom stereocenters. The number of ether oxygens (including phenoxy) is 1. The molecule has 2 heteroatoms. The van der Waals surface area contributed by atoms with E-state index in [-0.39, 0.29) is 5.97 Å². The number of hydrogen-bond donors (Lipinski definition) is 0. The van der Waals surface area contributed by atoms with Gasteiger partial charge in [-0.15, -0.1) is 0 Å². The summed E-state index contributed by atoms with van der Waals surface area (Å²) in [6.45, 7) is 5.44. The van der Waals surface area contributed by atoms with Crippen LogP contribution in [0, 0.1) is 0 Å². The van der Waals surface area contributed by atoms with Crippen LogP contribution in [0.4, 0.5) is 0 Å². The molecule has 0 saturated carbocycles. The third-order valence-corrected chi connectivity index (χ3v) is 1.18. The molecule has 0 aliphatic rings. The average molecular weight is 152 g/mol. The Morgan fingerprint density at radius 1 is 1.45 bits per heavy atom. The largest absolute Gasteiger partial charge is 0.466 e. The molecule has 0 unspecified atom stereocenters. The van der Waals surface area contributed by atoms with Crippen molar-refractivity contribution in [3.63, 3.8) is 0 Å². The summed E-state index contributed by atoms with van der Waals surface area (Å²) in [5.74, 6) is -0.355. The second-order valence-corrected chi connectivity index (χ2v) is 1.85. The van der Waals surface area contributed by atoms with Crippen LogP contribution in [0.25, 0.3) is 0 Å². The molecule has 0 heterocycles. The van der Waals surface area contributed by atoms with E-state index >= 15 is 0 Å². The zero-order valence-corrected chi connectivity index (χ0v) is 6.83. The molecule has 0 radical (unpaired) electrons. The van der Waals surface area contributed by atoms with Crippen molar-refractivity contribution in [1.29, 1.82) is 0 Å². The van der Waals surface area contributed by atoms with Gasteiger partial charge in [-0.3, -0.25) is 0 Å². The van der Waals surface area contributed by atoms with Gasteiger partial charge < -0.3 is 4.74 Å². The smallest absolute Gasteiger partial charge is 0.330 e. The van der Waals surface area contributed by atoms with Gasteiger partial charge in [0.25, 0.3) is 0 Å². The van der Waals surface area contributed by atoms with Gasteiger partial charge in [0.15, 0.2) is 0 Å². The first-order chi connectivity index (χ1) is 5.24. The maximum atomic E-state index is 10.6. The molecule has 0 saturated heterocycles. The lowest BCUT2D eigenvalue weighted by Gasteiger charge is -1.90. The Morgan fingerprint density at radius 3 is 2.45 bits per heavy atom. The van der Waals surface area contributed by atoms with Crippen LogP contribution >= 0.6 is 0 Å². The van der Waals surface area contributed by atoms with Gasteiger partial charge in [0.2, 0.25) is 0 Å². The molecule has 60 valence electrons. The standard InChI is InChI=1S/C9H12O2/c1-4-8(5-2)6-7-9(10)11-3/h4-7H,1H2,2-3H3/b7-6+,8-5+. The Morgan fingerprint density at radius 2 is 2.09 bits per heavy atom. The molecule has 0 aromatic heterocycles. The van der Waals surface area contributed by atoms with Gasteiger partial charge in [0, 0.05) is 6.08 Å². The predicted octanol–water partition coefficient (Wildman–Crippen LogP) is 1.85. The molecular weight excluding hydrogens is 140 g/mol. The Kier molecular flexibility index (Phi) is 4.82. The van der Waals surface area contributed by atoms with E-state index in [4.69, 9.17) is 0 Å². The van der Waals surface area contributed by atoms with Crippen molar-refractivity contribution < 1.29 is 9.53 Å². The van der Waals surface area contributed by atoms with E-state index in [0.29, 0.717) is 0 Å². The Balaban J connectivity index is 4.11. The fraction of sp³-hybridized carbons (Fsp3) is 0.222. The zero-order chi connectivity index (χ0) is 8.69. The Bertz CT molecular complexity index is 200. The quantitative estimate of drug-likeness (QED) is 0.350. The lowest BCUT2D eigenvalue weighted by Crippen LogP contribution is -1.93. The molecule has 0 aliphatic carbocycles. The molecule has 0 fully saturated rings. The van der Waals surface area contributed by atoms with E-state index in [1.807, 2.05) is 13.0 Å². The number of esters is 1. The summed E-state index contributed by atoms with van der Waals surface area (Å²) in [6.07, 6.45) is 6.53. The Hall–Kier alpha value is -1.31. The summed E-state index contributed by atoms with van der Waals surface area (Å²) in [4.78, 5) is 10.6. The van der Waals surface area contributed by atoms with Crippen LogP contribution in [-0.4, -0.2) is 13.1 Å². The zero-order valence-electron chi connectivity index (χ0n) is 6.83. The van der Waals surface area contributed by atoms with Crippen molar-refractivity contribution in [2.75, 3.05) is 7.11 Å². The number of rotatable bonds is 3. The summed E-state index contributed by atoms with van der Waals surface area (Å²) in [6, 6.07) is 0. The molecule has 0 amide bonds. The third-order valence-electron chi connectivity index (χ3n) is 1.18. The van der Waals surface area contributed by atoms with E-state index in [9.17, 15) is 4.79 Å². The molecular formula is C9H12O2. The van der Waals surface area contributed by atoms with Crippen LogP contribution in [0.3, 0.4) is 0 Å². The van der Waals surface area contributed by atoms with Crippen molar-refractivity contribution in [2.45, 2.75) is 6.92 Å². The first-order valence-corrected chi connectivity index (χ1v) is 3.29. The summed E-state index contributed by atoms with van der Waals surface area (Å²) in [7, 11) is 1.34. The number of carbonyl (C=O) groups excluding carboxylic acids is 1. The number of carbonyl (C=O) groups is 1. The van der Waals surface area contributed by atoms with Crippen molar-refractivity contribution in [3.8, 4) is 0 Å². The van der Waals surface area contributed by atoms with Crippen molar-refractivity contribution in [2.24, 2.45) is 0 Å². The lowest BCUT2D eigenvalue weighted by atomic mass is 10.2. The molecule has 0 rings (SSSR count). The van der Waals surface area contributed by atoms with Gasteiger partial charge in [-0.25, -0.2) is 4.79 Å². The molecule has 0 aromatic carbocycles. The van der Waals surface area contributed by atoms with Crippen molar-refractivity contribution in [1.82, 2.24) is 0 Å². The van der Waals surface area contributed by atoms with Crippen LogP contribution in [0.2, 0.25) is 0 Å². The second kappa shape index (κ2) is 5.47. The fourth-order valence-electron chi connectivity index (χ4n) is 0.514. The minimum atomic E-state index is -0.355. The monoisotopic (exact) mass is 152 g/mol. The highest BCUT2D eigenvalue weighted by Gasteiger charge is 1.89. The van der Waals surface area contributed by atoms with Gasteiger partial charge in [-0.2, -0.15) is 0 Å². The van der Waals surface area contributed by atoms with Gasteiger partial charge >= 0.3 is 5.97 Å². The SMILES string of the molecule is C=CC(/C=C/C(=O)OC)=C\C. The van der Waals surface area contributed by atoms with Crippen LogP contribution in [0.1, 0.15) is 6.92 Å². The highest BCUT2D eigenvalue weighted by molar-refractivity contribution is 5.82. The van der Waals surface area contributed by atoms with Gasteiger partial charge in [0.1, 0.15) is 0 Å². The van der Waals surface area contributed by atoms with Crippen LogP contribution < -0.4 is 0 Å². The molecule has 0 bridgehead atoms. The van der Waals surface area contributed by atoms with Crippen LogP contribution in [0.15, 0.2) is 36.5 Å². The predicted molar refractivity (Wildman–Crippen MR) is 45.1 cm³/mol. The highest BCUT2D eigenvalue weighted by Crippen LogP contribution is 1.96. The van der Waals surface area contributed by atoms with Crippen LogP contribution in [-0.2, 0) is 9.53 Å². The van der Waals surface area contributed by atoms with Gasteiger partial charge in [-0.05, 0) is 18.6 Å². The number of hydrogen-bond acceptors (Lipinski definition) is 2.